The van der Waals surface area contributed by atoms with Crippen LogP contribution in [0.2, 0.25) is 0 Å². The van der Waals surface area contributed by atoms with Crippen LogP contribution in [0, 0.1) is 11.3 Å². The van der Waals surface area contributed by atoms with Gasteiger partial charge < -0.3 is 4.40 Å². The van der Waals surface area contributed by atoms with E-state index in [0.29, 0.717) is 17.0 Å². The number of hydrogen-bond acceptors (Lipinski definition) is 3. The van der Waals surface area contributed by atoms with Crippen LogP contribution in [-0.2, 0) is 0 Å². The number of nitriles is 1. The van der Waals surface area contributed by atoms with Crippen molar-refractivity contribution in [1.29, 1.82) is 5.26 Å². The highest BCUT2D eigenvalue weighted by molar-refractivity contribution is 6.09. The molecule has 0 atom stereocenters. The lowest BCUT2D eigenvalue weighted by molar-refractivity contribution is 0.102. The number of rotatable bonds is 2. The van der Waals surface area contributed by atoms with E-state index < -0.39 is 0 Å². The van der Waals surface area contributed by atoms with Gasteiger partial charge in [-0.05, 0) is 35.7 Å². The quantitative estimate of drug-likeness (QED) is 0.531. The lowest BCUT2D eigenvalue weighted by Crippen LogP contribution is -2.07. The van der Waals surface area contributed by atoms with Gasteiger partial charge in [0.15, 0.2) is 0 Å². The summed E-state index contributed by atoms with van der Waals surface area (Å²) in [6, 6.07) is 20.7. The first-order chi connectivity index (χ1) is 11.3. The molecule has 4 heteroatoms. The van der Waals surface area contributed by atoms with Crippen LogP contribution in [0.15, 0.2) is 66.9 Å². The lowest BCUT2D eigenvalue weighted by Gasteiger charge is -2.06. The summed E-state index contributed by atoms with van der Waals surface area (Å²) in [5.74, 6) is -0.196. The topological polar surface area (TPSA) is 58.2 Å². The van der Waals surface area contributed by atoms with Crippen LogP contribution in [0.5, 0.6) is 0 Å². The molecule has 0 aliphatic heterocycles. The Hall–Kier alpha value is -3.45. The van der Waals surface area contributed by atoms with Gasteiger partial charge in [-0.1, -0.05) is 30.3 Å². The average Bonchev–Trinajstić information content (AvgIpc) is 3.01. The van der Waals surface area contributed by atoms with Crippen LogP contribution in [-0.4, -0.2) is 15.2 Å². The van der Waals surface area contributed by atoms with E-state index in [-0.39, 0.29) is 5.78 Å². The molecule has 0 bridgehead atoms. The standard InChI is InChI=1S/C19H11N3O/c20-12-14-11-18(19(23)15-6-3-4-10-21-15)22-16-7-2-1-5-13(16)8-9-17(14)22/h1-11H. The summed E-state index contributed by atoms with van der Waals surface area (Å²) in [5.41, 5.74) is 2.92. The van der Waals surface area contributed by atoms with Gasteiger partial charge in [-0.3, -0.25) is 9.78 Å². The molecule has 3 heterocycles. The van der Waals surface area contributed by atoms with Crippen molar-refractivity contribution in [3.63, 3.8) is 0 Å². The van der Waals surface area contributed by atoms with Crippen LogP contribution in [0.3, 0.4) is 0 Å². The van der Waals surface area contributed by atoms with E-state index in [9.17, 15) is 10.1 Å². The normalized spacial score (nSPS) is 10.7. The molecule has 3 aromatic heterocycles. The number of nitrogens with zero attached hydrogens (tertiary/aromatic N) is 3. The van der Waals surface area contributed by atoms with Crippen LogP contribution in [0.4, 0.5) is 0 Å². The first kappa shape index (κ1) is 13.2. The van der Waals surface area contributed by atoms with Gasteiger partial charge >= 0.3 is 0 Å². The van der Waals surface area contributed by atoms with E-state index in [1.807, 2.05) is 40.8 Å². The van der Waals surface area contributed by atoms with E-state index in [0.717, 1.165) is 16.4 Å². The molecule has 4 rings (SSSR count). The third kappa shape index (κ3) is 1.99. The fraction of sp³-hybridized carbons (Fsp3) is 0. The van der Waals surface area contributed by atoms with Gasteiger partial charge in [-0.15, -0.1) is 0 Å². The maximum atomic E-state index is 12.8. The van der Waals surface area contributed by atoms with E-state index in [4.69, 9.17) is 0 Å². The minimum absolute atomic E-state index is 0.196. The minimum Gasteiger partial charge on any atom is -0.305 e. The molecule has 1 aromatic carbocycles. The van der Waals surface area contributed by atoms with E-state index in [2.05, 4.69) is 11.1 Å². The Labute approximate surface area is 132 Å². The molecule has 0 saturated heterocycles. The number of pyridine rings is 2. The predicted octanol–water partition coefficient (Wildman–Crippen LogP) is 3.59. The smallest absolute Gasteiger partial charge is 0.228 e. The molecular formula is C19H11N3O. The maximum absolute atomic E-state index is 12.8. The highest BCUT2D eigenvalue weighted by Crippen LogP contribution is 2.25. The van der Waals surface area contributed by atoms with Crippen LogP contribution in [0.25, 0.3) is 16.4 Å². The minimum atomic E-state index is -0.196. The summed E-state index contributed by atoms with van der Waals surface area (Å²) in [7, 11) is 0. The molecule has 108 valence electrons. The number of benzene rings is 1. The average molecular weight is 297 g/mol. The molecule has 0 fully saturated rings. The lowest BCUT2D eigenvalue weighted by atomic mass is 10.2. The summed E-state index contributed by atoms with van der Waals surface area (Å²) in [6.45, 7) is 0. The van der Waals surface area contributed by atoms with Crippen molar-refractivity contribution < 1.29 is 4.79 Å². The second-order valence-electron chi connectivity index (χ2n) is 5.21. The summed E-state index contributed by atoms with van der Waals surface area (Å²) in [6.07, 6.45) is 1.59. The monoisotopic (exact) mass is 297 g/mol. The van der Waals surface area contributed by atoms with Crippen LogP contribution < -0.4 is 0 Å². The maximum Gasteiger partial charge on any atom is 0.228 e. The second-order valence-corrected chi connectivity index (χ2v) is 5.21. The molecule has 0 amide bonds. The molecule has 4 aromatic rings. The molecule has 0 radical (unpaired) electrons. The van der Waals surface area contributed by atoms with Gasteiger partial charge in [0.05, 0.1) is 22.3 Å². The fourth-order valence-electron chi connectivity index (χ4n) is 2.84. The SMILES string of the molecule is N#Cc1cc(C(=O)c2ccccn2)n2c1ccc1ccccc12. The van der Waals surface area contributed by atoms with E-state index in [1.165, 1.54) is 0 Å². The van der Waals surface area contributed by atoms with Gasteiger partial charge in [0.25, 0.3) is 0 Å². The van der Waals surface area contributed by atoms with Gasteiger partial charge in [0.2, 0.25) is 5.78 Å². The molecule has 0 aliphatic carbocycles. The highest BCUT2D eigenvalue weighted by Gasteiger charge is 2.19. The van der Waals surface area contributed by atoms with Crippen molar-refractivity contribution in [2.45, 2.75) is 0 Å². The van der Waals surface area contributed by atoms with Crippen LogP contribution >= 0.6 is 0 Å². The van der Waals surface area contributed by atoms with Crippen molar-refractivity contribution in [1.82, 2.24) is 9.38 Å². The Balaban J connectivity index is 2.09. The van der Waals surface area contributed by atoms with Gasteiger partial charge in [0.1, 0.15) is 11.8 Å². The molecule has 0 unspecified atom stereocenters. The van der Waals surface area contributed by atoms with Crippen molar-refractivity contribution in [3.05, 3.63) is 83.8 Å². The molecular weight excluding hydrogens is 286 g/mol. The molecule has 23 heavy (non-hydrogen) atoms. The zero-order chi connectivity index (χ0) is 15.8. The zero-order valence-electron chi connectivity index (χ0n) is 12.1. The van der Waals surface area contributed by atoms with Crippen molar-refractivity contribution in [2.75, 3.05) is 0 Å². The number of carbonyl (C=O) groups is 1. The Morgan fingerprint density at radius 2 is 1.83 bits per heavy atom. The Kier molecular flexibility index (Phi) is 2.92. The second kappa shape index (κ2) is 5.08. The van der Waals surface area contributed by atoms with Gasteiger partial charge in [0, 0.05) is 6.20 Å². The molecule has 0 N–H and O–H groups in total. The van der Waals surface area contributed by atoms with Gasteiger partial charge in [-0.25, -0.2) is 0 Å². The predicted molar refractivity (Wildman–Crippen MR) is 87.3 cm³/mol. The molecule has 0 aliphatic rings. The van der Waals surface area contributed by atoms with E-state index >= 15 is 0 Å². The van der Waals surface area contributed by atoms with Gasteiger partial charge in [-0.2, -0.15) is 5.26 Å². The first-order valence-electron chi connectivity index (χ1n) is 7.18. The molecule has 0 saturated carbocycles. The van der Waals surface area contributed by atoms with Crippen molar-refractivity contribution >= 4 is 22.2 Å². The Morgan fingerprint density at radius 1 is 1.00 bits per heavy atom. The Bertz CT molecular complexity index is 1090. The van der Waals surface area contributed by atoms with Crippen molar-refractivity contribution in [2.24, 2.45) is 0 Å². The molecule has 0 spiro atoms. The number of para-hydroxylation sites is 1. The summed E-state index contributed by atoms with van der Waals surface area (Å²) >= 11 is 0. The summed E-state index contributed by atoms with van der Waals surface area (Å²) < 4.78 is 1.84. The zero-order valence-corrected chi connectivity index (χ0v) is 12.1. The number of aromatic nitrogens is 2. The fourth-order valence-corrected chi connectivity index (χ4v) is 2.84. The summed E-state index contributed by atoms with van der Waals surface area (Å²) in [4.78, 5) is 17.0. The number of ketones is 1. The number of hydrogen-bond donors (Lipinski definition) is 0. The third-order valence-electron chi connectivity index (χ3n) is 3.89. The largest absolute Gasteiger partial charge is 0.305 e. The number of fused-ring (bicyclic) bond motifs is 3. The van der Waals surface area contributed by atoms with Crippen molar-refractivity contribution in [3.8, 4) is 6.07 Å². The third-order valence-corrected chi connectivity index (χ3v) is 3.89. The van der Waals surface area contributed by atoms with Crippen LogP contribution in [0.1, 0.15) is 21.7 Å². The summed E-state index contributed by atoms with van der Waals surface area (Å²) in [5, 5.41) is 10.4. The first-order valence-corrected chi connectivity index (χ1v) is 7.18. The molecule has 4 nitrogen and oxygen atoms in total. The number of carbonyl (C=O) groups excluding carboxylic acids is 1. The Morgan fingerprint density at radius 3 is 2.61 bits per heavy atom. The van der Waals surface area contributed by atoms with E-state index in [1.54, 1.807) is 30.5 Å². The highest BCUT2D eigenvalue weighted by atomic mass is 16.1.